The van der Waals surface area contributed by atoms with E-state index in [2.05, 4.69) is 20.9 Å². The maximum Gasteiger partial charge on any atom is 0.538 e. The van der Waals surface area contributed by atoms with Crippen LogP contribution in [0.15, 0.2) is 10.2 Å². The molecule has 0 saturated heterocycles. The Morgan fingerprint density at radius 2 is 1.89 bits per heavy atom. The molecule has 152 valence electrons. The van der Waals surface area contributed by atoms with E-state index in [1.54, 1.807) is 20.8 Å². The topological polar surface area (TPSA) is 180 Å². The molecule has 0 aromatic rings. The largest absolute Gasteiger partial charge is 0.563 e. The fourth-order valence-electron chi connectivity index (χ4n) is 1.89. The molecule has 6 N–H and O–H groups in total. The summed E-state index contributed by atoms with van der Waals surface area (Å²) in [6.45, 7) is 5.47. The summed E-state index contributed by atoms with van der Waals surface area (Å²) in [5, 5.41) is 32.9. The van der Waals surface area contributed by atoms with E-state index in [4.69, 9.17) is 20.7 Å². The average Bonchev–Trinajstić information content (AvgIpc) is 2.54. The first-order valence-electron chi connectivity index (χ1n) is 8.54. The van der Waals surface area contributed by atoms with Crippen LogP contribution in [0.4, 0.5) is 4.79 Å². The first-order valence-corrected chi connectivity index (χ1v) is 8.54. The van der Waals surface area contributed by atoms with E-state index in [0.29, 0.717) is 25.7 Å². The van der Waals surface area contributed by atoms with Crippen molar-refractivity contribution < 1.29 is 24.2 Å². The fraction of sp³-hybridized carbons (Fsp3) is 0.688. The first-order chi connectivity index (χ1) is 12.5. The van der Waals surface area contributed by atoms with Gasteiger partial charge in [-0.3, -0.25) is 15.6 Å². The number of azo groups is 1. The zero-order chi connectivity index (χ0) is 20.9. The van der Waals surface area contributed by atoms with Gasteiger partial charge in [-0.25, -0.2) is 4.79 Å². The number of unbranched alkanes of at least 4 members (excludes halogenated alkanes) is 1. The van der Waals surface area contributed by atoms with Gasteiger partial charge in [0.1, 0.15) is 17.8 Å². The second kappa shape index (κ2) is 12.5. The SMILES string of the molecule is CC(C)(C)OC(=O)NC(CCCCNC(=O)CCC(=N)N=NC=N)C(=O)[OH2+]. The standard InChI is InChI=1S/C16H28N6O5/c1-16(2,3)27-15(26)21-11(14(24)25)6-4-5-9-19-13(23)8-7-12(18)22-20-10-17/h10-11,17-18H,4-9H2,1-3H3,(H,19,23)(H,21,26)(H,24,25)/p+1. The summed E-state index contributed by atoms with van der Waals surface area (Å²) in [5.41, 5.74) is -0.693. The minimum Gasteiger partial charge on any atom is -0.563 e. The monoisotopic (exact) mass is 385 g/mol. The first kappa shape index (κ1) is 24.1. The van der Waals surface area contributed by atoms with Gasteiger partial charge in [-0.2, -0.15) is 0 Å². The zero-order valence-corrected chi connectivity index (χ0v) is 15.9. The third-order valence-corrected chi connectivity index (χ3v) is 3.07. The normalized spacial score (nSPS) is 12.3. The predicted octanol–water partition coefficient (Wildman–Crippen LogP) is 1.23. The van der Waals surface area contributed by atoms with Crippen LogP contribution in [0.5, 0.6) is 0 Å². The van der Waals surface area contributed by atoms with Crippen molar-refractivity contribution >= 4 is 30.1 Å². The summed E-state index contributed by atoms with van der Waals surface area (Å²) in [4.78, 5) is 34.6. The van der Waals surface area contributed by atoms with Crippen LogP contribution in [0.1, 0.15) is 52.9 Å². The number of ether oxygens (including phenoxy) is 1. The Hall–Kier alpha value is -2.85. The van der Waals surface area contributed by atoms with Crippen molar-refractivity contribution in [2.45, 2.75) is 64.5 Å². The molecule has 11 heteroatoms. The van der Waals surface area contributed by atoms with Crippen molar-refractivity contribution in [3.05, 3.63) is 0 Å². The summed E-state index contributed by atoms with van der Waals surface area (Å²) in [6.07, 6.45) is 1.53. The Morgan fingerprint density at radius 3 is 2.44 bits per heavy atom. The van der Waals surface area contributed by atoms with Crippen LogP contribution >= 0.6 is 0 Å². The van der Waals surface area contributed by atoms with Gasteiger partial charge in [-0.05, 0) is 40.0 Å². The molecule has 0 bridgehead atoms. The molecule has 27 heavy (non-hydrogen) atoms. The third kappa shape index (κ3) is 14.0. The Labute approximate surface area is 158 Å². The second-order valence-corrected chi connectivity index (χ2v) is 6.70. The Kier molecular flexibility index (Phi) is 11.2. The van der Waals surface area contributed by atoms with Crippen LogP contribution in [-0.2, 0) is 14.3 Å². The highest BCUT2D eigenvalue weighted by atomic mass is 16.6. The van der Waals surface area contributed by atoms with E-state index < -0.39 is 23.7 Å². The van der Waals surface area contributed by atoms with Gasteiger partial charge in [0.25, 0.3) is 0 Å². The van der Waals surface area contributed by atoms with E-state index >= 15 is 0 Å². The van der Waals surface area contributed by atoms with Crippen molar-refractivity contribution in [3.63, 3.8) is 0 Å². The Morgan fingerprint density at radius 1 is 1.22 bits per heavy atom. The number of nitrogens with one attached hydrogen (secondary N) is 4. The summed E-state index contributed by atoms with van der Waals surface area (Å²) in [7, 11) is 0. The van der Waals surface area contributed by atoms with Crippen molar-refractivity contribution in [3.8, 4) is 0 Å². The highest BCUT2D eigenvalue weighted by Gasteiger charge is 2.28. The summed E-state index contributed by atoms with van der Waals surface area (Å²) in [5.74, 6) is -1.23. The molecule has 2 amide bonds. The molecule has 0 fully saturated rings. The molecule has 0 aliphatic heterocycles. The molecular weight excluding hydrogens is 356 g/mol. The lowest BCUT2D eigenvalue weighted by molar-refractivity contribution is -0.139. The van der Waals surface area contributed by atoms with Gasteiger partial charge in [-0.15, -0.1) is 10.2 Å². The number of carbonyl (C=O) groups excluding carboxylic acids is 3. The number of amidine groups is 1. The van der Waals surface area contributed by atoms with E-state index in [1.165, 1.54) is 0 Å². The molecule has 0 aliphatic rings. The predicted molar refractivity (Wildman–Crippen MR) is 99.2 cm³/mol. The van der Waals surface area contributed by atoms with Crippen molar-refractivity contribution in [1.29, 1.82) is 10.8 Å². The van der Waals surface area contributed by atoms with Crippen molar-refractivity contribution in [2.24, 2.45) is 10.2 Å². The van der Waals surface area contributed by atoms with Crippen LogP contribution in [-0.4, -0.2) is 53.4 Å². The van der Waals surface area contributed by atoms with Crippen LogP contribution < -0.4 is 10.6 Å². The number of nitrogens with zero attached hydrogens (tertiary/aromatic N) is 2. The highest BCUT2D eigenvalue weighted by Crippen LogP contribution is 2.08. The van der Waals surface area contributed by atoms with Gasteiger partial charge in [0.05, 0.1) is 0 Å². The molecule has 0 aromatic carbocycles. The lowest BCUT2D eigenvalue weighted by atomic mass is 10.1. The van der Waals surface area contributed by atoms with Gasteiger partial charge in [0, 0.05) is 24.2 Å². The maximum absolute atomic E-state index is 11.7. The summed E-state index contributed by atoms with van der Waals surface area (Å²) < 4.78 is 5.06. The Bertz CT molecular complexity index is 570. The molecule has 0 radical (unpaired) electrons. The molecular formula is C16H29N6O5+. The lowest BCUT2D eigenvalue weighted by Gasteiger charge is -2.21. The highest BCUT2D eigenvalue weighted by molar-refractivity contribution is 5.85. The number of amides is 2. The zero-order valence-electron chi connectivity index (χ0n) is 15.9. The third-order valence-electron chi connectivity index (χ3n) is 3.07. The molecule has 1 unspecified atom stereocenters. The molecule has 0 rings (SSSR count). The van der Waals surface area contributed by atoms with Gasteiger partial charge >= 0.3 is 12.1 Å². The number of alkyl carbamates (subject to hydrolysis) is 1. The summed E-state index contributed by atoms with van der Waals surface area (Å²) in [6, 6.07) is -0.949. The Balaban J connectivity index is 4.04. The molecule has 0 aromatic heterocycles. The number of rotatable bonds is 11. The van der Waals surface area contributed by atoms with Crippen molar-refractivity contribution in [1.82, 2.24) is 10.6 Å². The second-order valence-electron chi connectivity index (χ2n) is 6.70. The molecule has 0 saturated carbocycles. The van der Waals surface area contributed by atoms with Crippen LogP contribution in [0.3, 0.4) is 0 Å². The van der Waals surface area contributed by atoms with E-state index in [9.17, 15) is 14.4 Å². The molecule has 0 spiro atoms. The van der Waals surface area contributed by atoms with Gasteiger partial charge < -0.3 is 20.5 Å². The van der Waals surface area contributed by atoms with Gasteiger partial charge in [0.15, 0.2) is 6.04 Å². The average molecular weight is 385 g/mol. The maximum atomic E-state index is 11.7. The fourth-order valence-corrected chi connectivity index (χ4v) is 1.89. The minimum atomic E-state index is -0.949. The van der Waals surface area contributed by atoms with E-state index in [-0.39, 0.29) is 31.0 Å². The summed E-state index contributed by atoms with van der Waals surface area (Å²) >= 11 is 0. The van der Waals surface area contributed by atoms with Crippen LogP contribution in [0.2, 0.25) is 0 Å². The van der Waals surface area contributed by atoms with E-state index in [1.807, 2.05) is 0 Å². The molecule has 0 heterocycles. The lowest BCUT2D eigenvalue weighted by Crippen LogP contribution is -2.43. The van der Waals surface area contributed by atoms with Crippen molar-refractivity contribution in [2.75, 3.05) is 6.54 Å². The molecule has 1 atom stereocenters. The van der Waals surface area contributed by atoms with E-state index in [0.717, 1.165) is 0 Å². The number of hydrogen-bond acceptors (Lipinski definition) is 6. The van der Waals surface area contributed by atoms with Gasteiger partial charge in [-0.1, -0.05) is 0 Å². The number of hydrogen-bond donors (Lipinski definition) is 4. The molecule has 11 nitrogen and oxygen atoms in total. The van der Waals surface area contributed by atoms with Crippen LogP contribution in [0.25, 0.3) is 0 Å². The molecule has 0 aliphatic carbocycles. The quantitative estimate of drug-likeness (QED) is 0.137. The van der Waals surface area contributed by atoms with Gasteiger partial charge in [0.2, 0.25) is 5.91 Å². The smallest absolute Gasteiger partial charge is 0.538 e. The minimum absolute atomic E-state index is 0.0846. The van der Waals surface area contributed by atoms with Crippen LogP contribution in [0, 0.1) is 10.8 Å². The number of carbonyl (C=O) groups is 3.